The molecule has 0 radical (unpaired) electrons. The minimum Gasteiger partial charge on any atom is -0.465 e. The van der Waals surface area contributed by atoms with Gasteiger partial charge < -0.3 is 18.9 Å². The fourth-order valence-electron chi connectivity index (χ4n) is 3.38. The van der Waals surface area contributed by atoms with Gasteiger partial charge in [0.05, 0.1) is 31.1 Å². The molecular formula is C22H23NO6. The molecule has 0 saturated heterocycles. The van der Waals surface area contributed by atoms with Gasteiger partial charge in [-0.15, -0.1) is 0 Å². The van der Waals surface area contributed by atoms with Crippen LogP contribution in [-0.4, -0.2) is 35.9 Å². The maximum atomic E-state index is 12.8. The molecule has 3 aromatic rings. The van der Waals surface area contributed by atoms with Crippen LogP contribution in [0.1, 0.15) is 50.2 Å². The number of ether oxygens (including phenoxy) is 2. The van der Waals surface area contributed by atoms with Crippen LogP contribution in [0.5, 0.6) is 0 Å². The maximum Gasteiger partial charge on any atom is 0.339 e. The van der Waals surface area contributed by atoms with Gasteiger partial charge >= 0.3 is 11.9 Å². The number of hydrogen-bond acceptors (Lipinski definition) is 6. The first kappa shape index (κ1) is 20.4. The van der Waals surface area contributed by atoms with Crippen LogP contribution >= 0.6 is 0 Å². The standard InChI is InChI=1S/C22H23NO6/c1-11-6-7-16-15(10-28-17(16)8-11)9-18(24)29-14(4)21(25)20-12(2)19(13(3)23-20)22(26)27-5/h6-8,10,14,23H,9H2,1-5H3/t14-/m1/s1. The molecule has 0 aliphatic rings. The number of rotatable bonds is 6. The van der Waals surface area contributed by atoms with Gasteiger partial charge in [0.1, 0.15) is 5.58 Å². The molecule has 1 atom stereocenters. The second-order valence-electron chi connectivity index (χ2n) is 7.05. The summed E-state index contributed by atoms with van der Waals surface area (Å²) in [5.41, 5.74) is 3.99. The number of ketones is 1. The highest BCUT2D eigenvalue weighted by atomic mass is 16.5. The van der Waals surface area contributed by atoms with Crippen LogP contribution in [0, 0.1) is 20.8 Å². The maximum absolute atomic E-state index is 12.8. The third-order valence-electron chi connectivity index (χ3n) is 4.90. The Morgan fingerprint density at radius 2 is 1.90 bits per heavy atom. The Bertz CT molecular complexity index is 1100. The molecule has 0 aliphatic carbocycles. The number of furan rings is 1. The second kappa shape index (κ2) is 7.95. The molecule has 1 aromatic carbocycles. The summed E-state index contributed by atoms with van der Waals surface area (Å²) in [6.07, 6.45) is 0.508. The Balaban J connectivity index is 1.72. The second-order valence-corrected chi connectivity index (χ2v) is 7.05. The Kier molecular flexibility index (Phi) is 5.59. The first-order valence-electron chi connectivity index (χ1n) is 9.20. The number of fused-ring (bicyclic) bond motifs is 1. The van der Waals surface area contributed by atoms with Crippen LogP contribution in [0.15, 0.2) is 28.9 Å². The van der Waals surface area contributed by atoms with E-state index in [0.717, 1.165) is 10.9 Å². The molecule has 0 saturated carbocycles. The predicted octanol–water partition coefficient (Wildman–Crippen LogP) is 3.83. The molecule has 0 aliphatic heterocycles. The van der Waals surface area contributed by atoms with E-state index in [-0.39, 0.29) is 12.1 Å². The minimum atomic E-state index is -1.01. The van der Waals surface area contributed by atoms with Crippen molar-refractivity contribution in [1.82, 2.24) is 4.98 Å². The number of Topliss-reactive ketones (excluding diaryl/α,β-unsaturated/α-hetero) is 1. The van der Waals surface area contributed by atoms with Gasteiger partial charge in [-0.2, -0.15) is 0 Å². The zero-order chi connectivity index (χ0) is 21.3. The van der Waals surface area contributed by atoms with Crippen molar-refractivity contribution in [3.05, 3.63) is 58.1 Å². The summed E-state index contributed by atoms with van der Waals surface area (Å²) in [4.78, 5) is 39.9. The molecule has 29 heavy (non-hydrogen) atoms. The van der Waals surface area contributed by atoms with Crippen LogP contribution in [0.4, 0.5) is 0 Å². The highest BCUT2D eigenvalue weighted by Crippen LogP contribution is 2.24. The van der Waals surface area contributed by atoms with E-state index in [1.807, 2.05) is 25.1 Å². The lowest BCUT2D eigenvalue weighted by Crippen LogP contribution is -2.26. The van der Waals surface area contributed by atoms with E-state index in [9.17, 15) is 14.4 Å². The van der Waals surface area contributed by atoms with Gasteiger partial charge in [-0.25, -0.2) is 4.79 Å². The third-order valence-corrected chi connectivity index (χ3v) is 4.90. The number of esters is 2. The summed E-state index contributed by atoms with van der Waals surface area (Å²) in [5.74, 6) is -1.48. The number of hydrogen-bond donors (Lipinski definition) is 1. The van der Waals surface area contributed by atoms with Crippen molar-refractivity contribution in [2.24, 2.45) is 0 Å². The van der Waals surface area contributed by atoms with Crippen molar-refractivity contribution in [2.75, 3.05) is 7.11 Å². The van der Waals surface area contributed by atoms with Crippen molar-refractivity contribution < 1.29 is 28.3 Å². The number of aromatic amines is 1. The number of H-pyrrole nitrogens is 1. The summed E-state index contributed by atoms with van der Waals surface area (Å²) in [5, 5.41) is 0.838. The molecular weight excluding hydrogens is 374 g/mol. The highest BCUT2D eigenvalue weighted by molar-refractivity contribution is 6.04. The lowest BCUT2D eigenvalue weighted by atomic mass is 10.1. The summed E-state index contributed by atoms with van der Waals surface area (Å²) in [7, 11) is 1.28. The van der Waals surface area contributed by atoms with E-state index in [1.165, 1.54) is 20.3 Å². The fourth-order valence-corrected chi connectivity index (χ4v) is 3.38. The summed E-state index contributed by atoms with van der Waals surface area (Å²) in [6, 6.07) is 5.73. The van der Waals surface area contributed by atoms with Gasteiger partial charge in [-0.05, 0) is 44.9 Å². The largest absolute Gasteiger partial charge is 0.465 e. The minimum absolute atomic E-state index is 0.0101. The van der Waals surface area contributed by atoms with Crippen LogP contribution in [0.2, 0.25) is 0 Å². The van der Waals surface area contributed by atoms with Crippen LogP contribution in [0.3, 0.4) is 0 Å². The van der Waals surface area contributed by atoms with Crippen molar-refractivity contribution >= 4 is 28.7 Å². The Morgan fingerprint density at radius 1 is 1.17 bits per heavy atom. The number of benzene rings is 1. The first-order valence-corrected chi connectivity index (χ1v) is 9.20. The van der Waals surface area contributed by atoms with E-state index < -0.39 is 23.8 Å². The topological polar surface area (TPSA) is 98.6 Å². The highest BCUT2D eigenvalue weighted by Gasteiger charge is 2.27. The van der Waals surface area contributed by atoms with Gasteiger partial charge in [0, 0.05) is 16.6 Å². The molecule has 0 spiro atoms. The number of carbonyl (C=O) groups is 3. The zero-order valence-electron chi connectivity index (χ0n) is 17.0. The third kappa shape index (κ3) is 3.94. The van der Waals surface area contributed by atoms with E-state index in [4.69, 9.17) is 13.9 Å². The van der Waals surface area contributed by atoms with E-state index in [2.05, 4.69) is 4.98 Å². The number of aryl methyl sites for hydroxylation is 2. The average Bonchev–Trinajstić information content (AvgIpc) is 3.20. The van der Waals surface area contributed by atoms with E-state index >= 15 is 0 Å². The zero-order valence-corrected chi connectivity index (χ0v) is 17.0. The number of methoxy groups -OCH3 is 1. The van der Waals surface area contributed by atoms with Crippen molar-refractivity contribution in [3.8, 4) is 0 Å². The number of aromatic nitrogens is 1. The summed E-state index contributed by atoms with van der Waals surface area (Å²) in [6.45, 7) is 6.79. The monoisotopic (exact) mass is 397 g/mol. The van der Waals surface area contributed by atoms with Crippen LogP contribution < -0.4 is 0 Å². The SMILES string of the molecule is COC(=O)c1c(C)[nH]c(C(=O)[C@@H](C)OC(=O)Cc2coc3cc(C)ccc23)c1C. The first-order chi connectivity index (χ1) is 13.7. The quantitative estimate of drug-likeness (QED) is 0.501. The molecule has 2 heterocycles. The Morgan fingerprint density at radius 3 is 2.59 bits per heavy atom. The van der Waals surface area contributed by atoms with Gasteiger partial charge in [-0.3, -0.25) is 9.59 Å². The van der Waals surface area contributed by atoms with Crippen LogP contribution in [0.25, 0.3) is 11.0 Å². The van der Waals surface area contributed by atoms with Gasteiger partial charge in [0.2, 0.25) is 5.78 Å². The normalized spacial score (nSPS) is 12.0. The molecule has 2 aromatic heterocycles. The fraction of sp³-hybridized carbons (Fsp3) is 0.318. The Labute approximate surface area is 168 Å². The van der Waals surface area contributed by atoms with Gasteiger partial charge in [0.25, 0.3) is 0 Å². The lowest BCUT2D eigenvalue weighted by molar-refractivity contribution is -0.145. The predicted molar refractivity (Wildman–Crippen MR) is 106 cm³/mol. The van der Waals surface area contributed by atoms with E-state index in [1.54, 1.807) is 13.8 Å². The van der Waals surface area contributed by atoms with Crippen molar-refractivity contribution in [3.63, 3.8) is 0 Å². The summed E-state index contributed by atoms with van der Waals surface area (Å²) < 4.78 is 15.6. The van der Waals surface area contributed by atoms with Gasteiger partial charge in [0.15, 0.2) is 6.10 Å². The molecule has 0 fully saturated rings. The number of carbonyl (C=O) groups excluding carboxylic acids is 3. The average molecular weight is 397 g/mol. The molecule has 0 unspecified atom stereocenters. The molecule has 1 N–H and O–H groups in total. The molecule has 0 bridgehead atoms. The van der Waals surface area contributed by atoms with Crippen molar-refractivity contribution in [1.29, 1.82) is 0 Å². The molecule has 3 rings (SSSR count). The van der Waals surface area contributed by atoms with Crippen LogP contribution in [-0.2, 0) is 20.7 Å². The smallest absolute Gasteiger partial charge is 0.339 e. The van der Waals surface area contributed by atoms with E-state index in [0.29, 0.717) is 28.0 Å². The lowest BCUT2D eigenvalue weighted by Gasteiger charge is -2.12. The van der Waals surface area contributed by atoms with Gasteiger partial charge in [-0.1, -0.05) is 12.1 Å². The Hall–Kier alpha value is -3.35. The molecule has 152 valence electrons. The molecule has 0 amide bonds. The number of nitrogens with one attached hydrogen (secondary N) is 1. The summed E-state index contributed by atoms with van der Waals surface area (Å²) >= 11 is 0. The van der Waals surface area contributed by atoms with Crippen molar-refractivity contribution in [2.45, 2.75) is 40.2 Å². The molecule has 7 heteroatoms. The molecule has 7 nitrogen and oxygen atoms in total.